The average molecular weight is 302 g/mol. The molecule has 0 aromatic heterocycles. The van der Waals surface area contributed by atoms with Gasteiger partial charge < -0.3 is 5.11 Å². The summed E-state index contributed by atoms with van der Waals surface area (Å²) >= 11 is 0. The first-order valence-corrected chi connectivity index (χ1v) is 8.00. The number of Topliss-reactive ketones (excluding diaryl/α,β-unsaturated/α-hetero) is 1. The Kier molecular flexibility index (Phi) is 5.61. The average Bonchev–Trinajstić information content (AvgIpc) is 2.40. The number of allylic oxidation sites excluding steroid dienone is 6. The maximum absolute atomic E-state index is 12.3. The molecule has 1 rings (SSSR count). The zero-order valence-electron chi connectivity index (χ0n) is 15.1. The Hall–Kier alpha value is -1.57. The van der Waals surface area contributed by atoms with E-state index in [0.29, 0.717) is 28.2 Å². The molecule has 0 amide bonds. The lowest BCUT2D eigenvalue weighted by molar-refractivity contribution is -0.112. The molecule has 0 aromatic rings. The van der Waals surface area contributed by atoms with Crippen LogP contribution in [-0.2, 0) is 4.79 Å². The number of aliphatic hydroxyl groups is 1. The Labute approximate surface area is 135 Å². The second kappa shape index (κ2) is 6.68. The smallest absolute Gasteiger partial charge is 0.188 e. The Bertz CT molecular complexity index is 581. The summed E-state index contributed by atoms with van der Waals surface area (Å²) in [4.78, 5) is 12.3. The molecule has 2 heteroatoms. The predicted molar refractivity (Wildman–Crippen MR) is 93.8 cm³/mol. The minimum atomic E-state index is -0.322. The second-order valence-corrected chi connectivity index (χ2v) is 7.52. The molecule has 0 radical (unpaired) electrons. The van der Waals surface area contributed by atoms with Gasteiger partial charge in [0, 0.05) is 16.7 Å². The molecule has 0 saturated carbocycles. The summed E-state index contributed by atoms with van der Waals surface area (Å²) in [5.74, 6) is 0.800. The van der Waals surface area contributed by atoms with Crippen LogP contribution < -0.4 is 0 Å². The molecule has 0 unspecified atom stereocenters. The van der Waals surface area contributed by atoms with E-state index in [0.717, 1.165) is 12.8 Å². The molecule has 0 saturated heterocycles. The van der Waals surface area contributed by atoms with Crippen molar-refractivity contribution in [2.45, 2.75) is 61.3 Å². The van der Waals surface area contributed by atoms with Gasteiger partial charge in [-0.3, -0.25) is 4.79 Å². The van der Waals surface area contributed by atoms with Crippen molar-refractivity contribution in [3.63, 3.8) is 0 Å². The first-order chi connectivity index (χ1) is 9.99. The van der Waals surface area contributed by atoms with E-state index >= 15 is 0 Å². The summed E-state index contributed by atoms with van der Waals surface area (Å²) in [7, 11) is 0. The second-order valence-electron chi connectivity index (χ2n) is 7.52. The van der Waals surface area contributed by atoms with E-state index < -0.39 is 0 Å². The lowest BCUT2D eigenvalue weighted by atomic mass is 9.71. The highest BCUT2D eigenvalue weighted by Gasteiger charge is 2.35. The zero-order chi connectivity index (χ0) is 17.2. The van der Waals surface area contributed by atoms with E-state index in [1.807, 2.05) is 0 Å². The highest BCUT2D eigenvalue weighted by atomic mass is 16.3. The third-order valence-electron chi connectivity index (χ3n) is 4.44. The van der Waals surface area contributed by atoms with Crippen molar-refractivity contribution in [3.8, 4) is 0 Å². The van der Waals surface area contributed by atoms with E-state index in [1.165, 1.54) is 5.57 Å². The molecular weight excluding hydrogens is 272 g/mol. The van der Waals surface area contributed by atoms with Crippen LogP contribution in [0.25, 0.3) is 0 Å². The fraction of sp³-hybridized carbons (Fsp3) is 0.550. The maximum atomic E-state index is 12.3. The third kappa shape index (κ3) is 3.79. The van der Waals surface area contributed by atoms with Crippen LogP contribution in [0.4, 0.5) is 0 Å². The van der Waals surface area contributed by atoms with Crippen molar-refractivity contribution in [3.05, 3.63) is 46.3 Å². The molecule has 0 aromatic carbocycles. The van der Waals surface area contributed by atoms with Gasteiger partial charge in [-0.25, -0.2) is 0 Å². The van der Waals surface area contributed by atoms with E-state index in [1.54, 1.807) is 13.8 Å². The highest BCUT2D eigenvalue weighted by molar-refractivity contribution is 6.13. The van der Waals surface area contributed by atoms with E-state index in [2.05, 4.69) is 47.3 Å². The maximum Gasteiger partial charge on any atom is 0.188 e. The first kappa shape index (κ1) is 18.5. The molecule has 2 nitrogen and oxygen atoms in total. The van der Waals surface area contributed by atoms with Gasteiger partial charge in [-0.05, 0) is 50.5 Å². The summed E-state index contributed by atoms with van der Waals surface area (Å²) in [6, 6.07) is 0. The molecule has 0 spiro atoms. The Balaban J connectivity index is 3.16. The number of carbonyl (C=O) groups is 1. The summed E-state index contributed by atoms with van der Waals surface area (Å²) in [5.41, 5.74) is 3.41. The first-order valence-electron chi connectivity index (χ1n) is 8.00. The van der Waals surface area contributed by atoms with Gasteiger partial charge in [-0.15, -0.1) is 0 Å². The van der Waals surface area contributed by atoms with E-state index in [9.17, 15) is 9.90 Å². The standard InChI is InChI=1S/C20H30O2/c1-12(2)11-13(3)9-10-20(7,8)17-16(6)18(21)14(4)15(5)19(17)22/h9,12,22H,6,10-11H2,1-5,7-8H3/b13-9+. The van der Waals surface area contributed by atoms with Crippen LogP contribution in [0.5, 0.6) is 0 Å². The molecule has 0 aliphatic heterocycles. The molecule has 122 valence electrons. The quantitative estimate of drug-likeness (QED) is 0.524. The van der Waals surface area contributed by atoms with Gasteiger partial charge >= 0.3 is 0 Å². The van der Waals surface area contributed by atoms with E-state index in [4.69, 9.17) is 0 Å². The van der Waals surface area contributed by atoms with Gasteiger partial charge in [0.05, 0.1) is 0 Å². The molecule has 0 atom stereocenters. The number of hydrogen-bond donors (Lipinski definition) is 1. The number of rotatable bonds is 5. The molecule has 22 heavy (non-hydrogen) atoms. The molecular formula is C20H30O2. The van der Waals surface area contributed by atoms with Crippen LogP contribution >= 0.6 is 0 Å². The molecule has 0 bridgehead atoms. The van der Waals surface area contributed by atoms with Crippen LogP contribution in [0.2, 0.25) is 0 Å². The van der Waals surface area contributed by atoms with Crippen molar-refractivity contribution in [2.24, 2.45) is 11.3 Å². The van der Waals surface area contributed by atoms with Crippen molar-refractivity contribution < 1.29 is 9.90 Å². The number of hydrogen-bond acceptors (Lipinski definition) is 2. The highest BCUT2D eigenvalue weighted by Crippen LogP contribution is 2.42. The molecule has 0 heterocycles. The topological polar surface area (TPSA) is 37.3 Å². The van der Waals surface area contributed by atoms with Gasteiger partial charge in [0.1, 0.15) is 5.76 Å². The summed E-state index contributed by atoms with van der Waals surface area (Å²) in [6.07, 6.45) is 4.07. The van der Waals surface area contributed by atoms with Crippen LogP contribution in [-0.4, -0.2) is 10.9 Å². The van der Waals surface area contributed by atoms with Gasteiger partial charge in [-0.2, -0.15) is 0 Å². The lowest BCUT2D eigenvalue weighted by Crippen LogP contribution is -2.25. The predicted octanol–water partition coefficient (Wildman–Crippen LogP) is 5.68. The van der Waals surface area contributed by atoms with Gasteiger partial charge in [0.15, 0.2) is 5.78 Å². The SMILES string of the molecule is C=C1C(=O)C(C)=C(C)C(O)=C1C(C)(C)C/C=C(\C)CC(C)C. The Morgan fingerprint density at radius 3 is 2.32 bits per heavy atom. The lowest BCUT2D eigenvalue weighted by Gasteiger charge is -2.32. The number of aliphatic hydroxyl groups excluding tert-OH is 1. The van der Waals surface area contributed by atoms with Gasteiger partial charge in [-0.1, -0.05) is 45.9 Å². The molecule has 1 N–H and O–H groups in total. The van der Waals surface area contributed by atoms with Gasteiger partial charge in [0.25, 0.3) is 0 Å². The molecule has 0 fully saturated rings. The molecule has 1 aliphatic rings. The Morgan fingerprint density at radius 1 is 1.27 bits per heavy atom. The van der Waals surface area contributed by atoms with Gasteiger partial charge in [0.2, 0.25) is 0 Å². The van der Waals surface area contributed by atoms with Crippen molar-refractivity contribution in [1.29, 1.82) is 0 Å². The van der Waals surface area contributed by atoms with E-state index in [-0.39, 0.29) is 17.0 Å². The van der Waals surface area contributed by atoms with Crippen molar-refractivity contribution in [1.82, 2.24) is 0 Å². The summed E-state index contributed by atoms with van der Waals surface area (Å²) in [6.45, 7) is 18.1. The fourth-order valence-electron chi connectivity index (χ4n) is 3.01. The van der Waals surface area contributed by atoms with Crippen LogP contribution in [0.3, 0.4) is 0 Å². The minimum absolute atomic E-state index is 0.0544. The summed E-state index contributed by atoms with van der Waals surface area (Å²) in [5, 5.41) is 10.5. The van der Waals surface area contributed by atoms with Crippen LogP contribution in [0, 0.1) is 11.3 Å². The van der Waals surface area contributed by atoms with Crippen LogP contribution in [0.1, 0.15) is 61.3 Å². The zero-order valence-corrected chi connectivity index (χ0v) is 15.1. The minimum Gasteiger partial charge on any atom is -0.507 e. The van der Waals surface area contributed by atoms with Crippen LogP contribution in [0.15, 0.2) is 46.3 Å². The molecule has 1 aliphatic carbocycles. The fourth-order valence-corrected chi connectivity index (χ4v) is 3.01. The van der Waals surface area contributed by atoms with Crippen molar-refractivity contribution >= 4 is 5.78 Å². The number of ketones is 1. The normalized spacial score (nSPS) is 17.9. The monoisotopic (exact) mass is 302 g/mol. The number of carbonyl (C=O) groups excluding carboxylic acids is 1. The van der Waals surface area contributed by atoms with Crippen molar-refractivity contribution in [2.75, 3.05) is 0 Å². The largest absolute Gasteiger partial charge is 0.507 e. The third-order valence-corrected chi connectivity index (χ3v) is 4.44. The Morgan fingerprint density at radius 2 is 1.82 bits per heavy atom. The summed E-state index contributed by atoms with van der Waals surface area (Å²) < 4.78 is 0.